The summed E-state index contributed by atoms with van der Waals surface area (Å²) in [4.78, 5) is 16.6. The van der Waals surface area contributed by atoms with E-state index >= 15 is 0 Å². The van der Waals surface area contributed by atoms with E-state index in [-0.39, 0.29) is 18.1 Å². The highest BCUT2D eigenvalue weighted by molar-refractivity contribution is 5.46. The number of nitrogens with zero attached hydrogens (tertiary/aromatic N) is 5. The van der Waals surface area contributed by atoms with Crippen molar-refractivity contribution in [2.75, 3.05) is 5.73 Å². The fourth-order valence-electron chi connectivity index (χ4n) is 1.67. The number of rotatable bonds is 5. The van der Waals surface area contributed by atoms with Crippen molar-refractivity contribution in [1.29, 1.82) is 0 Å². The molecule has 0 atom stereocenters. The molecule has 0 aliphatic rings. The zero-order chi connectivity index (χ0) is 13.8. The Morgan fingerprint density at radius 2 is 2.11 bits per heavy atom. The van der Waals surface area contributed by atoms with Crippen LogP contribution in [0.5, 0.6) is 6.01 Å². The van der Waals surface area contributed by atoms with Crippen LogP contribution in [0.3, 0.4) is 0 Å². The molecule has 2 heterocycles. The van der Waals surface area contributed by atoms with Crippen LogP contribution in [0.4, 0.5) is 5.95 Å². The van der Waals surface area contributed by atoms with E-state index in [1.165, 1.54) is 0 Å². The molecule has 2 rings (SSSR count). The number of nitrogens with two attached hydrogens (primary N) is 1. The van der Waals surface area contributed by atoms with Crippen LogP contribution in [0.15, 0.2) is 12.4 Å². The zero-order valence-electron chi connectivity index (χ0n) is 11.4. The van der Waals surface area contributed by atoms with Crippen molar-refractivity contribution in [1.82, 2.24) is 24.5 Å². The molecule has 0 bridgehead atoms. The van der Waals surface area contributed by atoms with E-state index in [1.54, 1.807) is 6.20 Å². The lowest BCUT2D eigenvalue weighted by molar-refractivity contribution is 0.222. The van der Waals surface area contributed by atoms with E-state index in [0.717, 1.165) is 13.0 Å². The Kier molecular flexibility index (Phi) is 3.94. The van der Waals surface area contributed by atoms with Crippen molar-refractivity contribution in [3.63, 3.8) is 0 Å². The molecule has 0 saturated heterocycles. The largest absolute Gasteiger partial charge is 0.461 e. The molecule has 102 valence electrons. The van der Waals surface area contributed by atoms with Gasteiger partial charge in [-0.15, -0.1) is 0 Å². The van der Waals surface area contributed by atoms with Crippen molar-refractivity contribution in [3.05, 3.63) is 12.4 Å². The summed E-state index contributed by atoms with van der Waals surface area (Å²) in [6.45, 7) is 6.75. The van der Waals surface area contributed by atoms with Crippen LogP contribution in [-0.4, -0.2) is 30.6 Å². The molecule has 0 spiro atoms. The second-order valence-corrected chi connectivity index (χ2v) is 4.41. The minimum atomic E-state index is -0.0231. The molecule has 0 aliphatic heterocycles. The number of aromatic nitrogens is 5. The average molecular weight is 262 g/mol. The summed E-state index contributed by atoms with van der Waals surface area (Å²) in [5, 5.41) is 0. The van der Waals surface area contributed by atoms with Crippen LogP contribution in [0.25, 0.3) is 11.6 Å². The van der Waals surface area contributed by atoms with E-state index in [2.05, 4.69) is 26.9 Å². The van der Waals surface area contributed by atoms with Crippen LogP contribution in [0.2, 0.25) is 0 Å². The van der Waals surface area contributed by atoms with Crippen LogP contribution < -0.4 is 10.5 Å². The van der Waals surface area contributed by atoms with Crippen molar-refractivity contribution < 1.29 is 4.74 Å². The lowest BCUT2D eigenvalue weighted by Gasteiger charge is -2.09. The summed E-state index contributed by atoms with van der Waals surface area (Å²) in [7, 11) is 0. The Morgan fingerprint density at radius 3 is 2.79 bits per heavy atom. The van der Waals surface area contributed by atoms with Crippen LogP contribution in [0, 0.1) is 0 Å². The maximum absolute atomic E-state index is 5.69. The second-order valence-electron chi connectivity index (χ2n) is 4.41. The molecule has 2 aromatic rings. The molecule has 0 radical (unpaired) electrons. The van der Waals surface area contributed by atoms with Crippen molar-refractivity contribution >= 4 is 5.95 Å². The number of hydrogen-bond donors (Lipinski definition) is 1. The van der Waals surface area contributed by atoms with Gasteiger partial charge in [-0.3, -0.25) is 0 Å². The molecule has 0 aliphatic carbocycles. The van der Waals surface area contributed by atoms with Crippen molar-refractivity contribution in [3.8, 4) is 17.7 Å². The highest BCUT2D eigenvalue weighted by Crippen LogP contribution is 2.17. The molecule has 2 aromatic heterocycles. The minimum absolute atomic E-state index is 0.0231. The third kappa shape index (κ3) is 3.18. The average Bonchev–Trinajstić information content (AvgIpc) is 2.76. The summed E-state index contributed by atoms with van der Waals surface area (Å²) >= 11 is 0. The molecular formula is C12H18N6O. The summed E-state index contributed by atoms with van der Waals surface area (Å²) in [5.41, 5.74) is 5.69. The first-order chi connectivity index (χ1) is 9.10. The Balaban J connectivity index is 2.38. The fraction of sp³-hybridized carbons (Fsp3) is 0.500. The molecule has 0 amide bonds. The van der Waals surface area contributed by atoms with Gasteiger partial charge >= 0.3 is 6.01 Å². The minimum Gasteiger partial charge on any atom is -0.461 e. The lowest BCUT2D eigenvalue weighted by atomic mass is 10.4. The highest BCUT2D eigenvalue weighted by Gasteiger charge is 2.13. The van der Waals surface area contributed by atoms with E-state index in [4.69, 9.17) is 10.5 Å². The smallest absolute Gasteiger partial charge is 0.322 e. The van der Waals surface area contributed by atoms with Gasteiger partial charge in [0.1, 0.15) is 0 Å². The molecule has 0 saturated carbocycles. The summed E-state index contributed by atoms with van der Waals surface area (Å²) < 4.78 is 7.43. The van der Waals surface area contributed by atoms with Crippen LogP contribution >= 0.6 is 0 Å². The molecule has 19 heavy (non-hydrogen) atoms. The molecule has 0 unspecified atom stereocenters. The van der Waals surface area contributed by atoms with Gasteiger partial charge in [-0.1, -0.05) is 6.92 Å². The molecular weight excluding hydrogens is 244 g/mol. The quantitative estimate of drug-likeness (QED) is 0.878. The first-order valence-corrected chi connectivity index (χ1v) is 6.30. The standard InChI is InChI=1S/C12H18N6O/c1-4-6-18-7-5-14-10(18)9-15-11(13)17-12(16-9)19-8(2)3/h5,7-8H,4,6H2,1-3H3,(H2,13,15,16,17). The third-order valence-electron chi connectivity index (χ3n) is 2.35. The monoisotopic (exact) mass is 262 g/mol. The fourth-order valence-corrected chi connectivity index (χ4v) is 1.67. The van der Waals surface area contributed by atoms with E-state index in [1.807, 2.05) is 24.6 Å². The molecule has 7 nitrogen and oxygen atoms in total. The Hall–Kier alpha value is -2.18. The molecule has 2 N–H and O–H groups in total. The predicted octanol–water partition coefficient (Wildman–Crippen LogP) is 1.51. The first-order valence-electron chi connectivity index (χ1n) is 6.30. The summed E-state index contributed by atoms with van der Waals surface area (Å²) in [6, 6.07) is 0.226. The molecule has 7 heteroatoms. The molecule has 0 aromatic carbocycles. The van der Waals surface area contributed by atoms with Crippen LogP contribution in [0.1, 0.15) is 27.2 Å². The molecule has 0 fully saturated rings. The number of nitrogen functional groups attached to an aromatic ring is 1. The Bertz CT molecular complexity index is 551. The second kappa shape index (κ2) is 5.64. The topological polar surface area (TPSA) is 91.7 Å². The lowest BCUT2D eigenvalue weighted by Crippen LogP contribution is -2.12. The Morgan fingerprint density at radius 1 is 1.32 bits per heavy atom. The van der Waals surface area contributed by atoms with Gasteiger partial charge in [0, 0.05) is 18.9 Å². The van der Waals surface area contributed by atoms with Gasteiger partial charge in [-0.05, 0) is 20.3 Å². The number of aryl methyl sites for hydroxylation is 1. The first kappa shape index (κ1) is 13.3. The number of imidazole rings is 1. The van der Waals surface area contributed by atoms with Gasteiger partial charge < -0.3 is 15.0 Å². The van der Waals surface area contributed by atoms with Crippen molar-refractivity contribution in [2.45, 2.75) is 39.8 Å². The van der Waals surface area contributed by atoms with E-state index in [9.17, 15) is 0 Å². The summed E-state index contributed by atoms with van der Waals surface area (Å²) in [6.07, 6.45) is 4.58. The maximum atomic E-state index is 5.69. The number of anilines is 1. The van der Waals surface area contributed by atoms with Gasteiger partial charge in [0.05, 0.1) is 6.10 Å². The van der Waals surface area contributed by atoms with Gasteiger partial charge in [0.2, 0.25) is 11.8 Å². The third-order valence-corrected chi connectivity index (χ3v) is 2.35. The normalized spacial score (nSPS) is 10.9. The maximum Gasteiger partial charge on any atom is 0.322 e. The van der Waals surface area contributed by atoms with Crippen molar-refractivity contribution in [2.24, 2.45) is 0 Å². The van der Waals surface area contributed by atoms with Crippen LogP contribution in [-0.2, 0) is 6.54 Å². The number of ether oxygens (including phenoxy) is 1. The SMILES string of the molecule is CCCn1ccnc1-c1nc(N)nc(OC(C)C)n1. The summed E-state index contributed by atoms with van der Waals surface area (Å²) in [5.74, 6) is 1.23. The van der Waals surface area contributed by atoms with E-state index in [0.29, 0.717) is 11.6 Å². The van der Waals surface area contributed by atoms with Gasteiger partial charge in [0.25, 0.3) is 0 Å². The highest BCUT2D eigenvalue weighted by atomic mass is 16.5. The number of hydrogen-bond acceptors (Lipinski definition) is 6. The van der Waals surface area contributed by atoms with E-state index < -0.39 is 0 Å². The van der Waals surface area contributed by atoms with Gasteiger partial charge in [-0.2, -0.15) is 15.0 Å². The Labute approximate surface area is 111 Å². The van der Waals surface area contributed by atoms with Gasteiger partial charge in [0.15, 0.2) is 5.82 Å². The predicted molar refractivity (Wildman–Crippen MR) is 71.5 cm³/mol. The zero-order valence-corrected chi connectivity index (χ0v) is 11.4. The van der Waals surface area contributed by atoms with Gasteiger partial charge in [-0.25, -0.2) is 4.98 Å².